The molecule has 1 nitrogen and oxygen atoms in total. The minimum Gasteiger partial charge on any atom is -0.382 e. The molecule has 0 saturated carbocycles. The van der Waals surface area contributed by atoms with Crippen LogP contribution in [0.1, 0.15) is 5.56 Å². The van der Waals surface area contributed by atoms with Gasteiger partial charge in [0.05, 0.1) is 10.2 Å². The summed E-state index contributed by atoms with van der Waals surface area (Å²) in [4.78, 5) is 0. The van der Waals surface area contributed by atoms with Crippen LogP contribution in [0, 0.1) is 11.6 Å². The Balaban J connectivity index is 1.97. The molecule has 2 aromatic rings. The third-order valence-electron chi connectivity index (χ3n) is 2.58. The number of hydrogen-bond donors (Lipinski definition) is 1. The first kappa shape index (κ1) is 13.0. The summed E-state index contributed by atoms with van der Waals surface area (Å²) in [5, 5.41) is 2.96. The van der Waals surface area contributed by atoms with Gasteiger partial charge in [0.2, 0.25) is 0 Å². The summed E-state index contributed by atoms with van der Waals surface area (Å²) >= 11 is 3.04. The van der Waals surface area contributed by atoms with Crippen LogP contribution < -0.4 is 5.32 Å². The highest BCUT2D eigenvalue weighted by Crippen LogP contribution is 2.23. The van der Waals surface area contributed by atoms with Gasteiger partial charge in [0.15, 0.2) is 0 Å². The normalized spacial score (nSPS) is 10.4. The Hall–Kier alpha value is -1.42. The van der Waals surface area contributed by atoms with E-state index in [1.165, 1.54) is 11.6 Å². The highest BCUT2D eigenvalue weighted by molar-refractivity contribution is 9.10. The fraction of sp³-hybridized carbons (Fsp3) is 0.143. The van der Waals surface area contributed by atoms with Crippen molar-refractivity contribution in [2.24, 2.45) is 0 Å². The van der Waals surface area contributed by atoms with Gasteiger partial charge in [-0.15, -0.1) is 0 Å². The quantitative estimate of drug-likeness (QED) is 0.826. The lowest BCUT2D eigenvalue weighted by Gasteiger charge is -2.08. The molecule has 0 unspecified atom stereocenters. The summed E-state index contributed by atoms with van der Waals surface area (Å²) in [5.74, 6) is -1.18. The largest absolute Gasteiger partial charge is 0.382 e. The average Bonchev–Trinajstić information content (AvgIpc) is 2.37. The molecule has 4 heteroatoms. The maximum Gasteiger partial charge on any atom is 0.149 e. The van der Waals surface area contributed by atoms with E-state index < -0.39 is 11.6 Å². The fourth-order valence-corrected chi connectivity index (χ4v) is 1.99. The molecule has 0 aliphatic carbocycles. The van der Waals surface area contributed by atoms with Crippen LogP contribution in [0.15, 0.2) is 46.9 Å². The number of benzene rings is 2. The van der Waals surface area contributed by atoms with Crippen LogP contribution in [0.25, 0.3) is 0 Å². The van der Waals surface area contributed by atoms with Gasteiger partial charge in [0.1, 0.15) is 11.6 Å². The molecule has 1 N–H and O–H groups in total. The number of rotatable bonds is 4. The molecule has 0 saturated heterocycles. The van der Waals surface area contributed by atoms with Crippen molar-refractivity contribution in [3.8, 4) is 0 Å². The van der Waals surface area contributed by atoms with Crippen molar-refractivity contribution in [3.63, 3.8) is 0 Å². The van der Waals surface area contributed by atoms with E-state index in [9.17, 15) is 8.78 Å². The van der Waals surface area contributed by atoms with Crippen LogP contribution >= 0.6 is 15.9 Å². The van der Waals surface area contributed by atoms with Crippen molar-refractivity contribution in [2.45, 2.75) is 6.42 Å². The zero-order chi connectivity index (χ0) is 13.0. The minimum atomic E-state index is -0.596. The third kappa shape index (κ3) is 3.29. The van der Waals surface area contributed by atoms with E-state index in [1.807, 2.05) is 30.3 Å². The topological polar surface area (TPSA) is 12.0 Å². The zero-order valence-corrected chi connectivity index (χ0v) is 11.2. The van der Waals surface area contributed by atoms with Crippen LogP contribution in [-0.2, 0) is 6.42 Å². The molecular weight excluding hydrogens is 300 g/mol. The van der Waals surface area contributed by atoms with E-state index in [2.05, 4.69) is 21.2 Å². The van der Waals surface area contributed by atoms with Crippen LogP contribution in [0.4, 0.5) is 14.5 Å². The molecule has 0 atom stereocenters. The summed E-state index contributed by atoms with van der Waals surface area (Å²) < 4.78 is 26.7. The summed E-state index contributed by atoms with van der Waals surface area (Å²) in [6.07, 6.45) is 0.787. The summed E-state index contributed by atoms with van der Waals surface area (Å²) in [6.45, 7) is 0.596. The van der Waals surface area contributed by atoms with Crippen LogP contribution in [0.2, 0.25) is 0 Å². The van der Waals surface area contributed by atoms with Crippen LogP contribution in [-0.4, -0.2) is 6.54 Å². The Labute approximate surface area is 113 Å². The second-order valence-corrected chi connectivity index (χ2v) is 4.76. The predicted molar refractivity (Wildman–Crippen MR) is 72.7 cm³/mol. The molecule has 0 radical (unpaired) electrons. The Morgan fingerprint density at radius 2 is 1.72 bits per heavy atom. The fourth-order valence-electron chi connectivity index (χ4n) is 1.64. The molecule has 0 amide bonds. The predicted octanol–water partition coefficient (Wildman–Crippen LogP) is 4.38. The molecule has 0 bridgehead atoms. The van der Waals surface area contributed by atoms with Gasteiger partial charge in [-0.05, 0) is 34.0 Å². The first-order valence-electron chi connectivity index (χ1n) is 5.59. The molecule has 2 aromatic carbocycles. The van der Waals surface area contributed by atoms with E-state index >= 15 is 0 Å². The lowest BCUT2D eigenvalue weighted by atomic mass is 10.1. The molecular formula is C14H12BrF2N. The number of hydrogen-bond acceptors (Lipinski definition) is 1. The van der Waals surface area contributed by atoms with E-state index in [1.54, 1.807) is 0 Å². The Kier molecular flexibility index (Phi) is 4.31. The Morgan fingerprint density at radius 3 is 2.44 bits per heavy atom. The van der Waals surface area contributed by atoms with Crippen molar-refractivity contribution < 1.29 is 8.78 Å². The van der Waals surface area contributed by atoms with Gasteiger partial charge in [-0.25, -0.2) is 8.78 Å². The maximum atomic E-state index is 13.4. The van der Waals surface area contributed by atoms with Gasteiger partial charge in [0.25, 0.3) is 0 Å². The molecule has 0 heterocycles. The maximum absolute atomic E-state index is 13.4. The van der Waals surface area contributed by atoms with Crippen molar-refractivity contribution in [3.05, 3.63) is 64.1 Å². The SMILES string of the molecule is Fc1cc(F)c(NCCc2ccccc2)cc1Br. The minimum absolute atomic E-state index is 0.256. The molecule has 0 aliphatic rings. The highest BCUT2D eigenvalue weighted by atomic mass is 79.9. The molecule has 2 rings (SSSR count). The van der Waals surface area contributed by atoms with Gasteiger partial charge < -0.3 is 5.32 Å². The molecule has 18 heavy (non-hydrogen) atoms. The smallest absolute Gasteiger partial charge is 0.149 e. The average molecular weight is 312 g/mol. The number of anilines is 1. The van der Waals surface area contributed by atoms with Gasteiger partial charge in [-0.2, -0.15) is 0 Å². The Morgan fingerprint density at radius 1 is 1.00 bits per heavy atom. The van der Waals surface area contributed by atoms with Gasteiger partial charge in [0, 0.05) is 12.6 Å². The molecule has 94 valence electrons. The van der Waals surface area contributed by atoms with Crippen molar-refractivity contribution >= 4 is 21.6 Å². The highest BCUT2D eigenvalue weighted by Gasteiger charge is 2.07. The van der Waals surface area contributed by atoms with E-state index in [4.69, 9.17) is 0 Å². The van der Waals surface area contributed by atoms with E-state index in [0.29, 0.717) is 12.2 Å². The monoisotopic (exact) mass is 311 g/mol. The van der Waals surface area contributed by atoms with Crippen molar-refractivity contribution in [2.75, 3.05) is 11.9 Å². The van der Waals surface area contributed by atoms with Crippen molar-refractivity contribution in [1.29, 1.82) is 0 Å². The molecule has 0 fully saturated rings. The second kappa shape index (κ2) is 5.96. The third-order valence-corrected chi connectivity index (χ3v) is 3.19. The lowest BCUT2D eigenvalue weighted by Crippen LogP contribution is -2.06. The molecule has 0 spiro atoms. The van der Waals surface area contributed by atoms with E-state index in [0.717, 1.165) is 12.5 Å². The van der Waals surface area contributed by atoms with Crippen LogP contribution in [0.3, 0.4) is 0 Å². The number of nitrogens with one attached hydrogen (secondary N) is 1. The van der Waals surface area contributed by atoms with Crippen LogP contribution in [0.5, 0.6) is 0 Å². The van der Waals surface area contributed by atoms with Gasteiger partial charge in [-0.3, -0.25) is 0 Å². The zero-order valence-electron chi connectivity index (χ0n) is 9.59. The van der Waals surface area contributed by atoms with Gasteiger partial charge >= 0.3 is 0 Å². The van der Waals surface area contributed by atoms with Gasteiger partial charge in [-0.1, -0.05) is 30.3 Å². The summed E-state index contributed by atoms with van der Waals surface area (Å²) in [7, 11) is 0. The first-order valence-corrected chi connectivity index (χ1v) is 6.38. The molecule has 0 aliphatic heterocycles. The first-order chi connectivity index (χ1) is 8.66. The lowest BCUT2D eigenvalue weighted by molar-refractivity contribution is 0.580. The van der Waals surface area contributed by atoms with Crippen molar-refractivity contribution in [1.82, 2.24) is 0 Å². The van der Waals surface area contributed by atoms with E-state index in [-0.39, 0.29) is 4.47 Å². The second-order valence-electron chi connectivity index (χ2n) is 3.91. The summed E-state index contributed by atoms with van der Waals surface area (Å²) in [6, 6.07) is 12.2. The summed E-state index contributed by atoms with van der Waals surface area (Å²) in [5.41, 5.74) is 1.48. The molecule has 0 aromatic heterocycles. The standard InChI is InChI=1S/C14H12BrF2N/c15-11-8-14(13(17)9-12(11)16)18-7-6-10-4-2-1-3-5-10/h1-5,8-9,18H,6-7H2. The Bertz CT molecular complexity index is 529. The number of halogens is 3.